The lowest BCUT2D eigenvalue weighted by Crippen LogP contribution is -2.36. The van der Waals surface area contributed by atoms with Crippen LogP contribution >= 0.6 is 0 Å². The predicted octanol–water partition coefficient (Wildman–Crippen LogP) is 1.91. The van der Waals surface area contributed by atoms with Gasteiger partial charge in [-0.15, -0.1) is 0 Å². The molecule has 0 saturated carbocycles. The lowest BCUT2D eigenvalue weighted by atomic mass is 9.96. The zero-order valence-electron chi connectivity index (χ0n) is 10.0. The maximum absolute atomic E-state index is 13.2. The Hall–Kier alpha value is -1.69. The van der Waals surface area contributed by atoms with Crippen molar-refractivity contribution in [1.29, 1.82) is 0 Å². The van der Waals surface area contributed by atoms with Gasteiger partial charge in [0.05, 0.1) is 4.92 Å². The summed E-state index contributed by atoms with van der Waals surface area (Å²) in [6.45, 7) is 2.01. The minimum absolute atomic E-state index is 0.0393. The van der Waals surface area contributed by atoms with Crippen LogP contribution < -0.4 is 10.6 Å². The third-order valence-corrected chi connectivity index (χ3v) is 3.42. The van der Waals surface area contributed by atoms with E-state index in [1.54, 1.807) is 0 Å². The SMILES string of the molecule is NCC1CCN(c2cc(F)ccc2[N+](=O)[O-])CC1. The molecule has 2 N–H and O–H groups in total. The van der Waals surface area contributed by atoms with Gasteiger partial charge in [-0.1, -0.05) is 0 Å². The molecule has 18 heavy (non-hydrogen) atoms. The van der Waals surface area contributed by atoms with Crippen LogP contribution in [-0.4, -0.2) is 24.6 Å². The van der Waals surface area contributed by atoms with Gasteiger partial charge in [0.1, 0.15) is 11.5 Å². The number of nitrogens with two attached hydrogens (primary N) is 1. The van der Waals surface area contributed by atoms with Crippen molar-refractivity contribution in [2.24, 2.45) is 11.7 Å². The molecule has 1 heterocycles. The highest BCUT2D eigenvalue weighted by Gasteiger charge is 2.24. The van der Waals surface area contributed by atoms with E-state index in [4.69, 9.17) is 5.73 Å². The second-order valence-corrected chi connectivity index (χ2v) is 4.56. The predicted molar refractivity (Wildman–Crippen MR) is 67.0 cm³/mol. The Kier molecular flexibility index (Phi) is 3.76. The first-order valence-corrected chi connectivity index (χ1v) is 6.00. The lowest BCUT2D eigenvalue weighted by molar-refractivity contribution is -0.384. The average molecular weight is 253 g/mol. The number of anilines is 1. The van der Waals surface area contributed by atoms with Crippen molar-refractivity contribution in [2.75, 3.05) is 24.5 Å². The summed E-state index contributed by atoms with van der Waals surface area (Å²) in [5.41, 5.74) is 5.93. The number of nitro benzene ring substituents is 1. The van der Waals surface area contributed by atoms with Gasteiger partial charge in [0, 0.05) is 25.2 Å². The van der Waals surface area contributed by atoms with Crippen molar-refractivity contribution in [1.82, 2.24) is 0 Å². The molecule has 6 heteroatoms. The second-order valence-electron chi connectivity index (χ2n) is 4.56. The summed E-state index contributed by atoms with van der Waals surface area (Å²) in [6, 6.07) is 3.58. The van der Waals surface area contributed by atoms with E-state index in [2.05, 4.69) is 0 Å². The molecule has 5 nitrogen and oxygen atoms in total. The third kappa shape index (κ3) is 2.59. The van der Waals surface area contributed by atoms with Crippen LogP contribution in [0.25, 0.3) is 0 Å². The first-order valence-electron chi connectivity index (χ1n) is 6.00. The Morgan fingerprint density at radius 3 is 2.67 bits per heavy atom. The Morgan fingerprint density at radius 1 is 1.44 bits per heavy atom. The van der Waals surface area contributed by atoms with Crippen molar-refractivity contribution < 1.29 is 9.31 Å². The van der Waals surface area contributed by atoms with Gasteiger partial charge in [-0.05, 0) is 31.4 Å². The number of benzene rings is 1. The minimum atomic E-state index is -0.468. The van der Waals surface area contributed by atoms with Crippen molar-refractivity contribution in [3.8, 4) is 0 Å². The van der Waals surface area contributed by atoms with Crippen LogP contribution in [-0.2, 0) is 0 Å². The standard InChI is InChI=1S/C12H16FN3O2/c13-10-1-2-11(16(17)18)12(7-10)15-5-3-9(8-14)4-6-15/h1-2,7,9H,3-6,8,14H2. The molecule has 1 aromatic carbocycles. The highest BCUT2D eigenvalue weighted by molar-refractivity contribution is 5.63. The molecule has 0 spiro atoms. The van der Waals surface area contributed by atoms with Gasteiger partial charge in [0.25, 0.3) is 5.69 Å². The summed E-state index contributed by atoms with van der Waals surface area (Å²) in [4.78, 5) is 12.3. The number of nitrogens with zero attached hydrogens (tertiary/aromatic N) is 2. The van der Waals surface area contributed by atoms with Crippen molar-refractivity contribution in [2.45, 2.75) is 12.8 Å². The first-order chi connectivity index (χ1) is 8.61. The first kappa shape index (κ1) is 12.8. The molecule has 0 aliphatic carbocycles. The van der Waals surface area contributed by atoms with E-state index < -0.39 is 10.7 Å². The summed E-state index contributed by atoms with van der Waals surface area (Å²) in [7, 11) is 0. The van der Waals surface area contributed by atoms with Crippen LogP contribution in [0.3, 0.4) is 0 Å². The molecular formula is C12H16FN3O2. The molecule has 0 amide bonds. The largest absolute Gasteiger partial charge is 0.366 e. The van der Waals surface area contributed by atoms with Crippen LogP contribution in [0.1, 0.15) is 12.8 Å². The van der Waals surface area contributed by atoms with E-state index in [0.717, 1.165) is 18.9 Å². The van der Waals surface area contributed by atoms with Gasteiger partial charge in [-0.3, -0.25) is 10.1 Å². The second kappa shape index (κ2) is 5.30. The average Bonchev–Trinajstić information content (AvgIpc) is 2.38. The molecule has 0 radical (unpaired) electrons. The molecule has 0 aromatic heterocycles. The molecule has 2 rings (SSSR count). The third-order valence-electron chi connectivity index (χ3n) is 3.42. The molecular weight excluding hydrogens is 237 g/mol. The monoisotopic (exact) mass is 253 g/mol. The van der Waals surface area contributed by atoms with Crippen molar-refractivity contribution >= 4 is 11.4 Å². The molecule has 1 aromatic rings. The van der Waals surface area contributed by atoms with Gasteiger partial charge in [0.2, 0.25) is 0 Å². The topological polar surface area (TPSA) is 72.4 Å². The summed E-state index contributed by atoms with van der Waals surface area (Å²) >= 11 is 0. The van der Waals surface area contributed by atoms with Crippen LogP contribution in [0.15, 0.2) is 18.2 Å². The molecule has 1 aliphatic heterocycles. The number of halogens is 1. The minimum Gasteiger partial charge on any atom is -0.366 e. The van der Waals surface area contributed by atoms with E-state index in [0.29, 0.717) is 31.2 Å². The maximum Gasteiger partial charge on any atom is 0.292 e. The fourth-order valence-corrected chi connectivity index (χ4v) is 2.31. The van der Waals surface area contributed by atoms with Crippen LogP contribution in [0.4, 0.5) is 15.8 Å². The van der Waals surface area contributed by atoms with E-state index in [9.17, 15) is 14.5 Å². The van der Waals surface area contributed by atoms with Gasteiger partial charge in [-0.2, -0.15) is 0 Å². The van der Waals surface area contributed by atoms with E-state index in [-0.39, 0.29) is 5.69 Å². The molecule has 0 unspecified atom stereocenters. The Morgan fingerprint density at radius 2 is 2.11 bits per heavy atom. The molecule has 98 valence electrons. The van der Waals surface area contributed by atoms with Crippen molar-refractivity contribution in [3.05, 3.63) is 34.1 Å². The zero-order chi connectivity index (χ0) is 13.1. The number of hydrogen-bond acceptors (Lipinski definition) is 4. The molecule has 1 aliphatic rings. The fourth-order valence-electron chi connectivity index (χ4n) is 2.31. The number of piperidine rings is 1. The fraction of sp³-hybridized carbons (Fsp3) is 0.500. The van der Waals surface area contributed by atoms with E-state index in [1.165, 1.54) is 12.1 Å². The van der Waals surface area contributed by atoms with Gasteiger partial charge >= 0.3 is 0 Å². The van der Waals surface area contributed by atoms with Crippen molar-refractivity contribution in [3.63, 3.8) is 0 Å². The van der Waals surface area contributed by atoms with Crippen LogP contribution in [0.5, 0.6) is 0 Å². The molecule has 0 atom stereocenters. The number of rotatable bonds is 3. The number of hydrogen-bond donors (Lipinski definition) is 1. The summed E-state index contributed by atoms with van der Waals surface area (Å²) < 4.78 is 13.2. The zero-order valence-corrected chi connectivity index (χ0v) is 10.0. The Bertz CT molecular complexity index is 445. The highest BCUT2D eigenvalue weighted by Crippen LogP contribution is 2.31. The van der Waals surface area contributed by atoms with Gasteiger partial charge < -0.3 is 10.6 Å². The summed E-state index contributed by atoms with van der Waals surface area (Å²) in [5.74, 6) is 0.0189. The molecule has 1 fully saturated rings. The van der Waals surface area contributed by atoms with Crippen LogP contribution in [0, 0.1) is 21.8 Å². The molecule has 1 saturated heterocycles. The summed E-state index contributed by atoms with van der Waals surface area (Å²) in [6.07, 6.45) is 1.79. The Labute approximate surface area is 105 Å². The Balaban J connectivity index is 2.22. The quantitative estimate of drug-likeness (QED) is 0.659. The van der Waals surface area contributed by atoms with Gasteiger partial charge in [0.15, 0.2) is 0 Å². The highest BCUT2D eigenvalue weighted by atomic mass is 19.1. The van der Waals surface area contributed by atoms with Crippen LogP contribution in [0.2, 0.25) is 0 Å². The summed E-state index contributed by atoms with van der Waals surface area (Å²) in [5, 5.41) is 10.9. The van der Waals surface area contributed by atoms with E-state index >= 15 is 0 Å². The smallest absolute Gasteiger partial charge is 0.292 e. The van der Waals surface area contributed by atoms with E-state index in [1.807, 2.05) is 4.90 Å². The normalized spacial score (nSPS) is 16.9. The lowest BCUT2D eigenvalue weighted by Gasteiger charge is -2.32. The van der Waals surface area contributed by atoms with Gasteiger partial charge in [-0.25, -0.2) is 4.39 Å². The maximum atomic E-state index is 13.2. The molecule has 0 bridgehead atoms. The number of nitro groups is 1.